The van der Waals surface area contributed by atoms with Crippen LogP contribution in [0, 0.1) is 0 Å². The number of aromatic amines is 2. The van der Waals surface area contributed by atoms with E-state index in [1.54, 1.807) is 12.4 Å². The van der Waals surface area contributed by atoms with Crippen LogP contribution in [0.15, 0.2) is 61.6 Å². The number of ether oxygens (including phenoxy) is 1. The molecule has 2 atom stereocenters. The van der Waals surface area contributed by atoms with E-state index in [0.29, 0.717) is 23.7 Å². The standard InChI is InChI=1S/C27H27N9O4/c1-27(35-26(38)39,21-11-28-13-29-21)25(37)34-17-8-7-16-4-2-6-20(19(16)10-17)40-12-18-5-3-9-36(18)24-22-23(31-14-30-22)32-15-33-24/h2,4,6-8,10-11,13-15,18,35H,3,5,9,12H2,1H3,(H,28,29)(H,34,37)(H,38,39)(H,30,31,32,33). The van der Waals surface area contributed by atoms with E-state index in [0.717, 1.165) is 41.5 Å². The zero-order chi connectivity index (χ0) is 27.7. The number of rotatable bonds is 8. The lowest BCUT2D eigenvalue weighted by Crippen LogP contribution is -2.52. The number of aromatic nitrogens is 6. The lowest BCUT2D eigenvalue weighted by molar-refractivity contribution is -0.122. The molecule has 0 bridgehead atoms. The quantitative estimate of drug-likeness (QED) is 0.197. The van der Waals surface area contributed by atoms with Crippen molar-refractivity contribution in [1.29, 1.82) is 0 Å². The number of nitrogens with zero attached hydrogens (tertiary/aromatic N) is 5. The Labute approximate surface area is 228 Å². The number of carbonyl (C=O) groups is 2. The Morgan fingerprint density at radius 3 is 2.90 bits per heavy atom. The van der Waals surface area contributed by atoms with E-state index in [2.05, 4.69) is 45.4 Å². The average molecular weight is 542 g/mol. The first-order chi connectivity index (χ1) is 19.4. The van der Waals surface area contributed by atoms with Gasteiger partial charge >= 0.3 is 6.09 Å². The van der Waals surface area contributed by atoms with Crippen LogP contribution < -0.4 is 20.3 Å². The second kappa shape index (κ2) is 10.2. The van der Waals surface area contributed by atoms with Crippen molar-refractivity contribution >= 4 is 45.4 Å². The molecule has 3 aromatic heterocycles. The summed E-state index contributed by atoms with van der Waals surface area (Å²) in [6.07, 6.45) is 6.64. The maximum absolute atomic E-state index is 13.3. The molecule has 2 amide bonds. The monoisotopic (exact) mass is 541 g/mol. The van der Waals surface area contributed by atoms with Gasteiger partial charge in [0.05, 0.1) is 24.4 Å². The number of fused-ring (bicyclic) bond motifs is 2. The number of nitrogens with one attached hydrogen (secondary N) is 4. The van der Waals surface area contributed by atoms with Gasteiger partial charge in [0.15, 0.2) is 17.0 Å². The second-order valence-corrected chi connectivity index (χ2v) is 9.75. The fraction of sp³-hybridized carbons (Fsp3) is 0.259. The van der Waals surface area contributed by atoms with Gasteiger partial charge in [0.1, 0.15) is 24.2 Å². The summed E-state index contributed by atoms with van der Waals surface area (Å²) < 4.78 is 6.36. The topological polar surface area (TPSA) is 174 Å². The molecule has 204 valence electrons. The van der Waals surface area contributed by atoms with Crippen LogP contribution in [-0.2, 0) is 10.3 Å². The van der Waals surface area contributed by atoms with E-state index < -0.39 is 17.5 Å². The highest BCUT2D eigenvalue weighted by Crippen LogP contribution is 2.32. The Morgan fingerprint density at radius 2 is 2.08 bits per heavy atom. The molecule has 6 rings (SSSR count). The molecule has 0 aliphatic carbocycles. The minimum atomic E-state index is -1.61. The number of benzene rings is 2. The number of hydrogen-bond acceptors (Lipinski definition) is 8. The fourth-order valence-corrected chi connectivity index (χ4v) is 5.12. The Kier molecular flexibility index (Phi) is 6.38. The van der Waals surface area contributed by atoms with Crippen molar-refractivity contribution in [1.82, 2.24) is 35.2 Å². The highest BCUT2D eigenvalue weighted by atomic mass is 16.5. The number of amides is 2. The van der Waals surface area contributed by atoms with Crippen LogP contribution in [-0.4, -0.2) is 66.2 Å². The zero-order valence-corrected chi connectivity index (χ0v) is 21.6. The smallest absolute Gasteiger partial charge is 0.405 e. The lowest BCUT2D eigenvalue weighted by atomic mass is 9.97. The lowest BCUT2D eigenvalue weighted by Gasteiger charge is -2.26. The predicted molar refractivity (Wildman–Crippen MR) is 147 cm³/mol. The van der Waals surface area contributed by atoms with Gasteiger partial charge in [-0.15, -0.1) is 0 Å². The Morgan fingerprint density at radius 1 is 1.18 bits per heavy atom. The minimum absolute atomic E-state index is 0.101. The molecule has 0 saturated carbocycles. The van der Waals surface area contributed by atoms with Crippen LogP contribution in [0.4, 0.5) is 16.3 Å². The number of hydrogen-bond donors (Lipinski definition) is 5. The van der Waals surface area contributed by atoms with Crippen molar-refractivity contribution < 1.29 is 19.4 Å². The molecule has 1 aliphatic rings. The molecule has 1 saturated heterocycles. The van der Waals surface area contributed by atoms with Crippen LogP contribution >= 0.6 is 0 Å². The van der Waals surface area contributed by atoms with E-state index in [1.165, 1.54) is 25.8 Å². The van der Waals surface area contributed by atoms with Gasteiger partial charge in [-0.2, -0.15) is 0 Å². The van der Waals surface area contributed by atoms with E-state index in [1.807, 2.05) is 30.3 Å². The fourth-order valence-electron chi connectivity index (χ4n) is 5.12. The first-order valence-corrected chi connectivity index (χ1v) is 12.8. The van der Waals surface area contributed by atoms with Crippen LogP contribution in [0.25, 0.3) is 21.9 Å². The zero-order valence-electron chi connectivity index (χ0n) is 21.6. The van der Waals surface area contributed by atoms with Crippen molar-refractivity contribution in [3.8, 4) is 5.75 Å². The van der Waals surface area contributed by atoms with Gasteiger partial charge < -0.3 is 35.3 Å². The molecule has 1 fully saturated rings. The summed E-state index contributed by atoms with van der Waals surface area (Å²) in [5.74, 6) is 0.887. The molecule has 13 heteroatoms. The summed E-state index contributed by atoms with van der Waals surface area (Å²) in [4.78, 5) is 50.0. The van der Waals surface area contributed by atoms with Crippen molar-refractivity contribution in [2.75, 3.05) is 23.4 Å². The SMILES string of the molecule is CC(NC(=O)O)(C(=O)Nc1ccc2cccc(OCC3CCCN3c3ncnc4[nH]cnc34)c2c1)c1c[nH]cn1. The van der Waals surface area contributed by atoms with Gasteiger partial charge in [-0.3, -0.25) is 4.79 Å². The third-order valence-corrected chi connectivity index (χ3v) is 7.20. The summed E-state index contributed by atoms with van der Waals surface area (Å²) in [5.41, 5.74) is 0.561. The van der Waals surface area contributed by atoms with Crippen molar-refractivity contribution in [2.45, 2.75) is 31.3 Å². The molecule has 13 nitrogen and oxygen atoms in total. The van der Waals surface area contributed by atoms with E-state index in [4.69, 9.17) is 4.74 Å². The van der Waals surface area contributed by atoms with Gasteiger partial charge in [-0.1, -0.05) is 18.2 Å². The normalized spacial score (nSPS) is 16.6. The minimum Gasteiger partial charge on any atom is -0.491 e. The number of carbonyl (C=O) groups excluding carboxylic acids is 1. The maximum Gasteiger partial charge on any atom is 0.405 e. The van der Waals surface area contributed by atoms with Crippen LogP contribution in [0.3, 0.4) is 0 Å². The first-order valence-electron chi connectivity index (χ1n) is 12.8. The first kappa shape index (κ1) is 25.1. The molecule has 0 radical (unpaired) electrons. The van der Waals surface area contributed by atoms with Crippen molar-refractivity contribution in [3.05, 3.63) is 67.3 Å². The molecular formula is C27H27N9O4. The number of anilines is 2. The van der Waals surface area contributed by atoms with Gasteiger partial charge in [0.25, 0.3) is 5.91 Å². The van der Waals surface area contributed by atoms with Gasteiger partial charge in [-0.05, 0) is 43.4 Å². The highest BCUT2D eigenvalue weighted by Gasteiger charge is 2.39. The van der Waals surface area contributed by atoms with Crippen molar-refractivity contribution in [3.63, 3.8) is 0 Å². The predicted octanol–water partition coefficient (Wildman–Crippen LogP) is 3.40. The number of carboxylic acid groups (broad SMARTS) is 1. The average Bonchev–Trinajstić information content (AvgIpc) is 3.73. The van der Waals surface area contributed by atoms with Gasteiger partial charge in [0, 0.05) is 23.8 Å². The molecule has 4 heterocycles. The van der Waals surface area contributed by atoms with Crippen LogP contribution in [0.5, 0.6) is 5.75 Å². The van der Waals surface area contributed by atoms with Crippen LogP contribution in [0.2, 0.25) is 0 Å². The molecule has 2 aromatic carbocycles. The molecule has 0 spiro atoms. The highest BCUT2D eigenvalue weighted by molar-refractivity contribution is 6.02. The van der Waals surface area contributed by atoms with Gasteiger partial charge in [-0.25, -0.2) is 24.7 Å². The summed E-state index contributed by atoms with van der Waals surface area (Å²) in [5, 5.41) is 16.2. The van der Waals surface area contributed by atoms with E-state index in [9.17, 15) is 14.7 Å². The summed E-state index contributed by atoms with van der Waals surface area (Å²) in [6.45, 7) is 2.74. The summed E-state index contributed by atoms with van der Waals surface area (Å²) in [6, 6.07) is 11.3. The Bertz CT molecular complexity index is 1690. The van der Waals surface area contributed by atoms with Crippen LogP contribution in [0.1, 0.15) is 25.5 Å². The third kappa shape index (κ3) is 4.61. The molecule has 1 aliphatic heterocycles. The van der Waals surface area contributed by atoms with Gasteiger partial charge in [0.2, 0.25) is 0 Å². The summed E-state index contributed by atoms with van der Waals surface area (Å²) in [7, 11) is 0. The molecule has 40 heavy (non-hydrogen) atoms. The third-order valence-electron chi connectivity index (χ3n) is 7.20. The molecular weight excluding hydrogens is 514 g/mol. The number of imidazole rings is 2. The molecule has 2 unspecified atom stereocenters. The Balaban J connectivity index is 1.23. The molecule has 5 aromatic rings. The van der Waals surface area contributed by atoms with E-state index in [-0.39, 0.29) is 11.7 Å². The van der Waals surface area contributed by atoms with Crippen molar-refractivity contribution in [2.24, 2.45) is 0 Å². The second-order valence-electron chi connectivity index (χ2n) is 9.75. The number of H-pyrrole nitrogens is 2. The Hall–Kier alpha value is -5.20. The maximum atomic E-state index is 13.3. The summed E-state index contributed by atoms with van der Waals surface area (Å²) >= 11 is 0. The largest absolute Gasteiger partial charge is 0.491 e. The van der Waals surface area contributed by atoms with E-state index >= 15 is 0 Å². The molecule has 5 N–H and O–H groups in total.